The van der Waals surface area contributed by atoms with Gasteiger partial charge in [0.2, 0.25) is 10.0 Å². The van der Waals surface area contributed by atoms with Crippen LogP contribution in [-0.4, -0.2) is 23.2 Å². The minimum atomic E-state index is -3.99. The summed E-state index contributed by atoms with van der Waals surface area (Å²) in [7, 11) is -3.99. The van der Waals surface area contributed by atoms with Gasteiger partial charge in [0.05, 0.1) is 16.6 Å². The number of thioether (sulfide) groups is 1. The zero-order chi connectivity index (χ0) is 30.7. The van der Waals surface area contributed by atoms with E-state index in [4.69, 9.17) is 11.6 Å². The zero-order valence-corrected chi connectivity index (χ0v) is 26.7. The first-order valence-corrected chi connectivity index (χ1v) is 17.1. The second kappa shape index (κ2) is 13.0. The Morgan fingerprint density at radius 3 is 2.36 bits per heavy atom. The molecule has 5 aromatic carbocycles. The Morgan fingerprint density at radius 2 is 1.55 bits per heavy atom. The molecule has 0 aliphatic heterocycles. The van der Waals surface area contributed by atoms with E-state index in [9.17, 15) is 8.42 Å². The van der Waals surface area contributed by atoms with Gasteiger partial charge in [-0.2, -0.15) is 0 Å². The Balaban J connectivity index is 1.47. The lowest BCUT2D eigenvalue weighted by Crippen LogP contribution is -2.32. The van der Waals surface area contributed by atoms with Crippen LogP contribution in [0.5, 0.6) is 0 Å². The van der Waals surface area contributed by atoms with Crippen LogP contribution in [0, 0.1) is 13.8 Å². The molecule has 6 aromatic rings. The van der Waals surface area contributed by atoms with Crippen LogP contribution in [0.4, 0.5) is 0 Å². The van der Waals surface area contributed by atoms with E-state index >= 15 is 0 Å². The molecule has 0 fully saturated rings. The van der Waals surface area contributed by atoms with Crippen molar-refractivity contribution < 1.29 is 8.42 Å². The highest BCUT2D eigenvalue weighted by atomic mass is 35.5. The molecule has 0 radical (unpaired) electrons. The highest BCUT2D eigenvalue weighted by Gasteiger charge is 2.29. The number of benzene rings is 5. The van der Waals surface area contributed by atoms with Gasteiger partial charge < -0.3 is 0 Å². The van der Waals surface area contributed by atoms with Gasteiger partial charge in [0.25, 0.3) is 0 Å². The summed E-state index contributed by atoms with van der Waals surface area (Å²) in [5.41, 5.74) is 5.06. The standard InChI is InChI=1S/C35H31ClN4O2S2/c1-24-10-8-13-27(20-24)23-43-35-38-37-34(40(35)32-22-29(36)19-18-25(32)2)31(21-26-11-4-3-5-12-26)39-44(41,42)33-17-9-15-28-14-6-7-16-30(28)33/h3-20,22,31,39H,21,23H2,1-2H3. The number of rotatable bonds is 10. The van der Waals surface area contributed by atoms with Crippen LogP contribution in [0.25, 0.3) is 16.5 Å². The summed E-state index contributed by atoms with van der Waals surface area (Å²) in [6.45, 7) is 4.07. The highest BCUT2D eigenvalue weighted by Crippen LogP contribution is 2.33. The van der Waals surface area contributed by atoms with Gasteiger partial charge in [-0.3, -0.25) is 4.57 Å². The summed E-state index contributed by atoms with van der Waals surface area (Å²) in [6.07, 6.45) is 0.366. The van der Waals surface area contributed by atoms with Crippen molar-refractivity contribution in [2.75, 3.05) is 0 Å². The van der Waals surface area contributed by atoms with Crippen LogP contribution < -0.4 is 4.72 Å². The lowest BCUT2D eigenvalue weighted by molar-refractivity contribution is 0.538. The van der Waals surface area contributed by atoms with Crippen LogP contribution in [0.1, 0.15) is 34.1 Å². The minimum Gasteiger partial charge on any atom is -0.272 e. The molecule has 1 heterocycles. The predicted molar refractivity (Wildman–Crippen MR) is 179 cm³/mol. The van der Waals surface area contributed by atoms with E-state index in [1.807, 2.05) is 96.4 Å². The van der Waals surface area contributed by atoms with Crippen molar-refractivity contribution >= 4 is 44.2 Å². The first kappa shape index (κ1) is 30.1. The molecule has 0 aliphatic rings. The largest absolute Gasteiger partial charge is 0.272 e. The van der Waals surface area contributed by atoms with E-state index in [0.29, 0.717) is 33.6 Å². The minimum absolute atomic E-state index is 0.215. The Bertz CT molecular complexity index is 2040. The summed E-state index contributed by atoms with van der Waals surface area (Å²) >= 11 is 8.06. The summed E-state index contributed by atoms with van der Waals surface area (Å²) in [5.74, 6) is 1.15. The molecule has 6 nitrogen and oxygen atoms in total. The molecular weight excluding hydrogens is 608 g/mol. The van der Waals surface area contributed by atoms with Crippen LogP contribution >= 0.6 is 23.4 Å². The van der Waals surface area contributed by atoms with Gasteiger partial charge in [0.15, 0.2) is 11.0 Å². The number of halogens is 1. The second-order valence-corrected chi connectivity index (χ2v) is 13.8. The van der Waals surface area contributed by atoms with E-state index < -0.39 is 16.1 Å². The van der Waals surface area contributed by atoms with Crippen LogP contribution in [0.15, 0.2) is 125 Å². The van der Waals surface area contributed by atoms with Crippen molar-refractivity contribution in [2.24, 2.45) is 0 Å². The molecule has 1 N–H and O–H groups in total. The van der Waals surface area contributed by atoms with Gasteiger partial charge in [-0.05, 0) is 60.5 Å². The monoisotopic (exact) mass is 638 g/mol. The maximum absolute atomic E-state index is 14.1. The fourth-order valence-electron chi connectivity index (χ4n) is 5.32. The Hall–Kier alpha value is -3.95. The fourth-order valence-corrected chi connectivity index (χ4v) is 7.80. The molecule has 0 aliphatic carbocycles. The number of fused-ring (bicyclic) bond motifs is 1. The normalized spacial score (nSPS) is 12.4. The SMILES string of the molecule is Cc1cccc(CSc2nnc(C(Cc3ccccc3)NS(=O)(=O)c3cccc4ccccc34)n2-c2cc(Cl)ccc2C)c1. The molecule has 0 saturated carbocycles. The number of sulfonamides is 1. The number of hydrogen-bond acceptors (Lipinski definition) is 5. The number of nitrogens with zero attached hydrogens (tertiary/aromatic N) is 3. The average Bonchev–Trinajstić information content (AvgIpc) is 3.45. The maximum Gasteiger partial charge on any atom is 0.241 e. The first-order chi connectivity index (χ1) is 21.3. The molecule has 222 valence electrons. The smallest absolute Gasteiger partial charge is 0.241 e. The maximum atomic E-state index is 14.1. The Morgan fingerprint density at radius 1 is 0.818 bits per heavy atom. The van der Waals surface area contributed by atoms with Crippen molar-refractivity contribution in [1.82, 2.24) is 19.5 Å². The van der Waals surface area contributed by atoms with Gasteiger partial charge in [0.1, 0.15) is 0 Å². The van der Waals surface area contributed by atoms with E-state index in [1.165, 1.54) is 5.56 Å². The molecule has 9 heteroatoms. The molecule has 0 bridgehead atoms. The quantitative estimate of drug-likeness (QED) is 0.153. The van der Waals surface area contributed by atoms with Gasteiger partial charge in [-0.1, -0.05) is 126 Å². The molecule has 6 rings (SSSR count). The van der Waals surface area contributed by atoms with E-state index in [1.54, 1.807) is 23.9 Å². The molecular formula is C35H31ClN4O2S2. The van der Waals surface area contributed by atoms with E-state index in [0.717, 1.165) is 27.8 Å². The lowest BCUT2D eigenvalue weighted by atomic mass is 10.1. The Kier molecular flexibility index (Phi) is 8.86. The van der Waals surface area contributed by atoms with Crippen molar-refractivity contribution in [1.29, 1.82) is 0 Å². The third kappa shape index (κ3) is 6.59. The topological polar surface area (TPSA) is 76.9 Å². The molecule has 1 atom stereocenters. The fraction of sp³-hybridized carbons (Fsp3) is 0.143. The Labute approximate surface area is 267 Å². The van der Waals surface area contributed by atoms with Crippen molar-refractivity contribution in [3.63, 3.8) is 0 Å². The van der Waals surface area contributed by atoms with Crippen molar-refractivity contribution in [3.8, 4) is 5.69 Å². The zero-order valence-electron chi connectivity index (χ0n) is 24.3. The van der Waals surface area contributed by atoms with Gasteiger partial charge >= 0.3 is 0 Å². The molecule has 0 saturated heterocycles. The van der Waals surface area contributed by atoms with Crippen LogP contribution in [-0.2, 0) is 22.2 Å². The van der Waals surface area contributed by atoms with Crippen molar-refractivity contribution in [3.05, 3.63) is 148 Å². The number of nitrogens with one attached hydrogen (secondary N) is 1. The summed E-state index contributed by atoms with van der Waals surface area (Å²) < 4.78 is 33.2. The molecule has 0 spiro atoms. The van der Waals surface area contributed by atoms with Gasteiger partial charge in [0, 0.05) is 16.2 Å². The highest BCUT2D eigenvalue weighted by molar-refractivity contribution is 7.98. The average molecular weight is 639 g/mol. The number of aromatic nitrogens is 3. The van der Waals surface area contributed by atoms with E-state index in [2.05, 4.69) is 40.0 Å². The first-order valence-electron chi connectivity index (χ1n) is 14.2. The van der Waals surface area contributed by atoms with E-state index in [-0.39, 0.29) is 4.90 Å². The van der Waals surface area contributed by atoms with Crippen LogP contribution in [0.2, 0.25) is 5.02 Å². The third-order valence-corrected chi connectivity index (χ3v) is 10.2. The lowest BCUT2D eigenvalue weighted by Gasteiger charge is -2.21. The summed E-state index contributed by atoms with van der Waals surface area (Å²) in [4.78, 5) is 0.215. The third-order valence-electron chi connectivity index (χ3n) is 7.45. The molecule has 1 aromatic heterocycles. The van der Waals surface area contributed by atoms with Crippen LogP contribution in [0.3, 0.4) is 0 Å². The molecule has 44 heavy (non-hydrogen) atoms. The molecule has 0 amide bonds. The summed E-state index contributed by atoms with van der Waals surface area (Å²) in [6, 6.07) is 35.9. The predicted octanol–water partition coefficient (Wildman–Crippen LogP) is 8.25. The van der Waals surface area contributed by atoms with Crippen molar-refractivity contribution in [2.45, 2.75) is 42.1 Å². The summed E-state index contributed by atoms with van der Waals surface area (Å²) in [5, 5.41) is 12.0. The molecule has 1 unspecified atom stereocenters. The number of aryl methyl sites for hydroxylation is 2. The van der Waals surface area contributed by atoms with Gasteiger partial charge in [-0.25, -0.2) is 13.1 Å². The second-order valence-electron chi connectivity index (χ2n) is 10.7. The van der Waals surface area contributed by atoms with Gasteiger partial charge in [-0.15, -0.1) is 10.2 Å². The number of hydrogen-bond donors (Lipinski definition) is 1.